The maximum absolute atomic E-state index is 12.1. The van der Waals surface area contributed by atoms with Crippen molar-refractivity contribution in [2.24, 2.45) is 10.2 Å². The molecule has 0 aromatic heterocycles. The van der Waals surface area contributed by atoms with E-state index in [-0.39, 0.29) is 11.2 Å². The number of thioether (sulfide) groups is 1. The monoisotopic (exact) mass is 401 g/mol. The molecule has 24 heavy (non-hydrogen) atoms. The van der Waals surface area contributed by atoms with Gasteiger partial charge >= 0.3 is 0 Å². The number of nitrogens with zero attached hydrogens (tertiary/aromatic N) is 2. The molecule has 1 amide bonds. The van der Waals surface area contributed by atoms with Crippen molar-refractivity contribution in [2.75, 3.05) is 0 Å². The van der Waals surface area contributed by atoms with E-state index in [1.54, 1.807) is 0 Å². The van der Waals surface area contributed by atoms with Crippen molar-refractivity contribution in [2.45, 2.75) is 18.6 Å². The minimum absolute atomic E-state index is 0.0192. The number of benzene rings is 2. The molecule has 2 aromatic rings. The maximum atomic E-state index is 12.1. The Kier molecular flexibility index (Phi) is 5.48. The molecule has 6 heteroatoms. The topological polar surface area (TPSA) is 53.8 Å². The lowest BCUT2D eigenvalue weighted by Gasteiger charge is -2.05. The quantitative estimate of drug-likeness (QED) is 0.621. The third-order valence-corrected chi connectivity index (χ3v) is 5.19. The zero-order valence-corrected chi connectivity index (χ0v) is 15.5. The van der Waals surface area contributed by atoms with Crippen LogP contribution in [-0.2, 0) is 11.2 Å². The molecule has 1 saturated heterocycles. The molecule has 0 aliphatic carbocycles. The summed E-state index contributed by atoms with van der Waals surface area (Å²) in [5, 5.41) is 11.6. The van der Waals surface area contributed by atoms with E-state index in [1.165, 1.54) is 11.8 Å². The molecular formula is C18H16BrN3OS. The fourth-order valence-corrected chi connectivity index (χ4v) is 3.50. The van der Waals surface area contributed by atoms with Gasteiger partial charge in [0, 0.05) is 4.47 Å². The van der Waals surface area contributed by atoms with Crippen LogP contribution in [0.3, 0.4) is 0 Å². The number of carbonyl (C=O) groups excluding carboxylic acids is 1. The van der Waals surface area contributed by atoms with Gasteiger partial charge in [0.1, 0.15) is 0 Å². The van der Waals surface area contributed by atoms with Gasteiger partial charge in [0.2, 0.25) is 5.91 Å². The van der Waals surface area contributed by atoms with Gasteiger partial charge in [0.05, 0.1) is 11.0 Å². The molecule has 1 fully saturated rings. The van der Waals surface area contributed by atoms with Crippen LogP contribution in [0.2, 0.25) is 0 Å². The average molecular weight is 402 g/mol. The molecule has 4 nitrogen and oxygen atoms in total. The highest BCUT2D eigenvalue weighted by atomic mass is 79.9. The summed E-state index contributed by atoms with van der Waals surface area (Å²) in [5.41, 5.74) is 2.95. The van der Waals surface area contributed by atoms with Gasteiger partial charge in [-0.25, -0.2) is 0 Å². The van der Waals surface area contributed by atoms with Crippen molar-refractivity contribution in [3.8, 4) is 0 Å². The molecule has 1 aliphatic heterocycles. The fraction of sp³-hybridized carbons (Fsp3) is 0.167. The van der Waals surface area contributed by atoms with Crippen molar-refractivity contribution in [1.82, 2.24) is 5.32 Å². The van der Waals surface area contributed by atoms with Gasteiger partial charge in [-0.15, -0.1) is 5.10 Å². The first-order chi connectivity index (χ1) is 11.6. The van der Waals surface area contributed by atoms with Crippen LogP contribution < -0.4 is 5.32 Å². The summed E-state index contributed by atoms with van der Waals surface area (Å²) in [7, 11) is 0. The summed E-state index contributed by atoms with van der Waals surface area (Å²) in [5.74, 6) is -0.0192. The van der Waals surface area contributed by atoms with Crippen molar-refractivity contribution in [1.29, 1.82) is 0 Å². The number of halogens is 1. The van der Waals surface area contributed by atoms with E-state index in [1.807, 2.05) is 61.5 Å². The molecule has 0 bridgehead atoms. The van der Waals surface area contributed by atoms with E-state index >= 15 is 0 Å². The Balaban J connectivity index is 1.67. The predicted octanol–water partition coefficient (Wildman–Crippen LogP) is 4.00. The molecular weight excluding hydrogens is 386 g/mol. The zero-order valence-electron chi connectivity index (χ0n) is 13.1. The summed E-state index contributed by atoms with van der Waals surface area (Å²) in [4.78, 5) is 12.1. The standard InChI is InChI=1S/C18H16BrN3OS/c1-12(14-5-3-2-4-6-14)21-22-18-20-17(23)16(24-18)11-13-7-9-15(19)10-8-13/h2-10,16H,11H2,1H3,(H,20,22,23)/b21-12+/t16-/m1/s1. The molecule has 0 spiro atoms. The van der Waals surface area contributed by atoms with E-state index < -0.39 is 0 Å². The maximum Gasteiger partial charge on any atom is 0.239 e. The van der Waals surface area contributed by atoms with E-state index in [0.29, 0.717) is 11.6 Å². The van der Waals surface area contributed by atoms with E-state index in [9.17, 15) is 4.79 Å². The summed E-state index contributed by atoms with van der Waals surface area (Å²) in [6.45, 7) is 1.90. The summed E-state index contributed by atoms with van der Waals surface area (Å²) in [6.07, 6.45) is 0.671. The summed E-state index contributed by atoms with van der Waals surface area (Å²) >= 11 is 4.84. The zero-order chi connectivity index (χ0) is 16.9. The lowest BCUT2D eigenvalue weighted by molar-refractivity contribution is -0.118. The highest BCUT2D eigenvalue weighted by molar-refractivity contribution is 9.10. The van der Waals surface area contributed by atoms with Crippen LogP contribution >= 0.6 is 27.7 Å². The second-order valence-corrected chi connectivity index (χ2v) is 7.49. The fourth-order valence-electron chi connectivity index (χ4n) is 2.28. The average Bonchev–Trinajstić information content (AvgIpc) is 2.95. The number of hydrogen-bond donors (Lipinski definition) is 1. The molecule has 1 N–H and O–H groups in total. The van der Waals surface area contributed by atoms with Gasteiger partial charge in [0.15, 0.2) is 5.17 Å². The number of amides is 1. The minimum atomic E-state index is -0.169. The second kappa shape index (κ2) is 7.77. The number of hydrogen-bond acceptors (Lipinski definition) is 4. The van der Waals surface area contributed by atoms with Crippen molar-refractivity contribution in [3.63, 3.8) is 0 Å². The molecule has 1 aliphatic rings. The second-order valence-electron chi connectivity index (χ2n) is 5.38. The number of amidine groups is 1. The van der Waals surface area contributed by atoms with Gasteiger partial charge < -0.3 is 5.32 Å². The first-order valence-electron chi connectivity index (χ1n) is 7.51. The van der Waals surface area contributed by atoms with E-state index in [2.05, 4.69) is 31.4 Å². The summed E-state index contributed by atoms with van der Waals surface area (Å²) in [6, 6.07) is 17.8. The van der Waals surface area contributed by atoms with Crippen LogP contribution in [0.4, 0.5) is 0 Å². The van der Waals surface area contributed by atoms with Gasteiger partial charge in [0.25, 0.3) is 0 Å². The SMILES string of the molecule is C/C(=N\N=C1\NC(=O)[C@@H](Cc2ccc(Br)cc2)S1)c1ccccc1. The Morgan fingerprint density at radius 1 is 1.17 bits per heavy atom. The lowest BCUT2D eigenvalue weighted by atomic mass is 10.1. The van der Waals surface area contributed by atoms with E-state index in [0.717, 1.165) is 21.3 Å². The first-order valence-corrected chi connectivity index (χ1v) is 9.19. The highest BCUT2D eigenvalue weighted by Gasteiger charge is 2.30. The van der Waals surface area contributed by atoms with Crippen LogP contribution in [-0.4, -0.2) is 22.0 Å². The molecule has 0 radical (unpaired) electrons. The van der Waals surface area contributed by atoms with Gasteiger partial charge in [-0.05, 0) is 36.6 Å². The molecule has 3 rings (SSSR count). The van der Waals surface area contributed by atoms with Crippen molar-refractivity contribution >= 4 is 44.5 Å². The molecule has 1 atom stereocenters. The molecule has 0 unspecified atom stereocenters. The number of nitrogens with one attached hydrogen (secondary N) is 1. The van der Waals surface area contributed by atoms with Gasteiger partial charge in [-0.3, -0.25) is 4.79 Å². The highest BCUT2D eigenvalue weighted by Crippen LogP contribution is 2.24. The molecule has 2 aromatic carbocycles. The Bertz CT molecular complexity index is 788. The van der Waals surface area contributed by atoms with E-state index in [4.69, 9.17) is 0 Å². The molecule has 122 valence electrons. The van der Waals surface area contributed by atoms with Crippen molar-refractivity contribution in [3.05, 3.63) is 70.2 Å². The Labute approximate surface area is 153 Å². The van der Waals surface area contributed by atoms with Crippen LogP contribution in [0.1, 0.15) is 18.1 Å². The summed E-state index contributed by atoms with van der Waals surface area (Å²) < 4.78 is 1.03. The van der Waals surface area contributed by atoms with Gasteiger partial charge in [-0.1, -0.05) is 70.2 Å². The molecule has 1 heterocycles. The molecule has 0 saturated carbocycles. The lowest BCUT2D eigenvalue weighted by Crippen LogP contribution is -2.25. The first kappa shape index (κ1) is 16.9. The van der Waals surface area contributed by atoms with Crippen molar-refractivity contribution < 1.29 is 4.79 Å². The van der Waals surface area contributed by atoms with Crippen LogP contribution in [0.15, 0.2) is 69.3 Å². The van der Waals surface area contributed by atoms with Gasteiger partial charge in [-0.2, -0.15) is 5.10 Å². The van der Waals surface area contributed by atoms with Crippen LogP contribution in [0.5, 0.6) is 0 Å². The Morgan fingerprint density at radius 2 is 1.88 bits per heavy atom. The van der Waals surface area contributed by atoms with Crippen LogP contribution in [0, 0.1) is 0 Å². The van der Waals surface area contributed by atoms with Crippen LogP contribution in [0.25, 0.3) is 0 Å². The smallest absolute Gasteiger partial charge is 0.239 e. The third kappa shape index (κ3) is 4.33. The number of carbonyl (C=O) groups is 1. The Morgan fingerprint density at radius 3 is 2.58 bits per heavy atom. The third-order valence-electron chi connectivity index (χ3n) is 3.59. The largest absolute Gasteiger partial charge is 0.303 e. The normalized spacial score (nSPS) is 19.6. The predicted molar refractivity (Wildman–Crippen MR) is 103 cm³/mol. The minimum Gasteiger partial charge on any atom is -0.303 e. The Hall–Kier alpha value is -1.92. The number of rotatable bonds is 4.